The molecule has 1 aromatic heterocycles. The summed E-state index contributed by atoms with van der Waals surface area (Å²) in [5.41, 5.74) is 8.15. The maximum absolute atomic E-state index is 12.9. The number of hydrogen-bond donors (Lipinski definition) is 2. The minimum atomic E-state index is -2.43. The van der Waals surface area contributed by atoms with E-state index in [1.165, 1.54) is 0 Å². The molecule has 2 heterocycles. The van der Waals surface area contributed by atoms with Gasteiger partial charge in [0.05, 0.1) is 23.4 Å². The third kappa shape index (κ3) is 3.57. The first-order valence-corrected chi connectivity index (χ1v) is 9.63. The summed E-state index contributed by atoms with van der Waals surface area (Å²) in [4.78, 5) is 15.2. The highest BCUT2D eigenvalue weighted by Crippen LogP contribution is 2.37. The van der Waals surface area contributed by atoms with Gasteiger partial charge in [0.2, 0.25) is 0 Å². The van der Waals surface area contributed by atoms with E-state index in [0.717, 1.165) is 10.6 Å². The number of amides is 1. The molecule has 3 aromatic rings. The molecule has 0 radical (unpaired) electrons. The van der Waals surface area contributed by atoms with Gasteiger partial charge >= 0.3 is 0 Å². The van der Waals surface area contributed by atoms with Gasteiger partial charge < -0.3 is 16.0 Å². The lowest BCUT2D eigenvalue weighted by Crippen LogP contribution is -2.33. The predicted octanol–water partition coefficient (Wildman–Crippen LogP) is 3.64. The number of halogens is 2. The summed E-state index contributed by atoms with van der Waals surface area (Å²) in [5.74, 6) is 0.244. The first-order chi connectivity index (χ1) is 13.5. The maximum Gasteiger partial charge on any atom is 0.278 e. The van der Waals surface area contributed by atoms with Crippen LogP contribution in [0.4, 0.5) is 25.8 Å². The molecule has 28 heavy (non-hydrogen) atoms. The molecule has 1 aliphatic rings. The molecule has 144 valence electrons. The SMILES string of the molecule is Nc1c(C(=O)Nc2ccc3c(c2)N(CC(F)F)CCS3)nnc2ccccc12. The van der Waals surface area contributed by atoms with Crippen molar-refractivity contribution < 1.29 is 13.6 Å². The third-order valence-corrected chi connectivity index (χ3v) is 5.50. The van der Waals surface area contributed by atoms with Gasteiger partial charge in [0, 0.05) is 28.3 Å². The van der Waals surface area contributed by atoms with E-state index in [2.05, 4.69) is 15.5 Å². The van der Waals surface area contributed by atoms with E-state index in [0.29, 0.717) is 28.8 Å². The molecule has 6 nitrogen and oxygen atoms in total. The third-order valence-electron chi connectivity index (χ3n) is 4.46. The monoisotopic (exact) mass is 401 g/mol. The molecule has 1 amide bonds. The summed E-state index contributed by atoms with van der Waals surface area (Å²) in [6.07, 6.45) is -2.43. The maximum atomic E-state index is 12.9. The largest absolute Gasteiger partial charge is 0.396 e. The zero-order valence-electron chi connectivity index (χ0n) is 14.7. The number of rotatable bonds is 4. The van der Waals surface area contributed by atoms with Crippen molar-refractivity contribution in [1.29, 1.82) is 0 Å². The Morgan fingerprint density at radius 1 is 1.25 bits per heavy atom. The molecule has 0 unspecified atom stereocenters. The van der Waals surface area contributed by atoms with Crippen molar-refractivity contribution in [3.63, 3.8) is 0 Å². The van der Waals surface area contributed by atoms with Gasteiger partial charge in [-0.2, -0.15) is 0 Å². The van der Waals surface area contributed by atoms with Crippen LogP contribution >= 0.6 is 11.8 Å². The topological polar surface area (TPSA) is 84.1 Å². The summed E-state index contributed by atoms with van der Waals surface area (Å²) in [5, 5.41) is 11.4. The number of nitrogens with one attached hydrogen (secondary N) is 1. The normalized spacial score (nSPS) is 13.6. The molecular formula is C19H17F2N5OS. The van der Waals surface area contributed by atoms with E-state index in [4.69, 9.17) is 5.73 Å². The van der Waals surface area contributed by atoms with Crippen molar-refractivity contribution >= 4 is 45.6 Å². The van der Waals surface area contributed by atoms with Gasteiger partial charge in [-0.1, -0.05) is 18.2 Å². The summed E-state index contributed by atoms with van der Waals surface area (Å²) in [7, 11) is 0. The minimum Gasteiger partial charge on any atom is -0.396 e. The molecule has 1 aliphatic heterocycles. The van der Waals surface area contributed by atoms with Crippen LogP contribution in [0, 0.1) is 0 Å². The number of aromatic nitrogens is 2. The molecule has 0 atom stereocenters. The summed E-state index contributed by atoms with van der Waals surface area (Å²) >= 11 is 1.61. The Balaban J connectivity index is 1.61. The van der Waals surface area contributed by atoms with Gasteiger partial charge in [-0.25, -0.2) is 8.78 Å². The Labute approximate surface area is 164 Å². The van der Waals surface area contributed by atoms with E-state index in [1.54, 1.807) is 47.0 Å². The van der Waals surface area contributed by atoms with Gasteiger partial charge in [-0.15, -0.1) is 22.0 Å². The molecule has 0 aliphatic carbocycles. The smallest absolute Gasteiger partial charge is 0.278 e. The highest BCUT2D eigenvalue weighted by Gasteiger charge is 2.22. The van der Waals surface area contributed by atoms with Gasteiger partial charge in [0.15, 0.2) is 5.69 Å². The van der Waals surface area contributed by atoms with E-state index in [9.17, 15) is 13.6 Å². The van der Waals surface area contributed by atoms with E-state index >= 15 is 0 Å². The molecule has 9 heteroatoms. The van der Waals surface area contributed by atoms with E-state index in [-0.39, 0.29) is 17.9 Å². The van der Waals surface area contributed by atoms with Gasteiger partial charge in [0.25, 0.3) is 12.3 Å². The fraction of sp³-hybridized carbons (Fsp3) is 0.211. The van der Waals surface area contributed by atoms with Crippen molar-refractivity contribution in [1.82, 2.24) is 10.2 Å². The second-order valence-corrected chi connectivity index (χ2v) is 7.44. The van der Waals surface area contributed by atoms with Crippen molar-refractivity contribution in [2.45, 2.75) is 11.3 Å². The van der Waals surface area contributed by atoms with E-state index < -0.39 is 12.3 Å². The summed E-state index contributed by atoms with van der Waals surface area (Å²) < 4.78 is 25.7. The van der Waals surface area contributed by atoms with Crippen molar-refractivity contribution in [3.05, 3.63) is 48.2 Å². The number of hydrogen-bond acceptors (Lipinski definition) is 6. The van der Waals surface area contributed by atoms with Crippen LogP contribution in [0.3, 0.4) is 0 Å². The molecule has 0 fully saturated rings. The van der Waals surface area contributed by atoms with Crippen molar-refractivity contribution in [2.24, 2.45) is 0 Å². The number of carbonyl (C=O) groups is 1. The van der Waals surface area contributed by atoms with Crippen LogP contribution in [-0.2, 0) is 0 Å². The number of nitrogens with two attached hydrogens (primary N) is 1. The minimum absolute atomic E-state index is 0.0234. The molecule has 0 spiro atoms. The van der Waals surface area contributed by atoms with Gasteiger partial charge in [0.1, 0.15) is 0 Å². The van der Waals surface area contributed by atoms with Crippen LogP contribution in [0.2, 0.25) is 0 Å². The van der Waals surface area contributed by atoms with Crippen LogP contribution in [0.1, 0.15) is 10.5 Å². The number of thioether (sulfide) groups is 1. The quantitative estimate of drug-likeness (QED) is 0.694. The number of nitrogen functional groups attached to an aromatic ring is 1. The summed E-state index contributed by atoms with van der Waals surface area (Å²) in [6, 6.07) is 12.4. The molecule has 0 saturated carbocycles. The molecule has 3 N–H and O–H groups in total. The van der Waals surface area contributed by atoms with E-state index in [1.807, 2.05) is 12.1 Å². The number of carbonyl (C=O) groups excluding carboxylic acids is 1. The second kappa shape index (κ2) is 7.59. The lowest BCUT2D eigenvalue weighted by Gasteiger charge is -2.31. The average molecular weight is 401 g/mol. The molecule has 0 saturated heterocycles. The number of fused-ring (bicyclic) bond motifs is 2. The predicted molar refractivity (Wildman–Crippen MR) is 107 cm³/mol. The van der Waals surface area contributed by atoms with Crippen molar-refractivity contribution in [2.75, 3.05) is 34.8 Å². The average Bonchev–Trinajstić information content (AvgIpc) is 2.68. The fourth-order valence-electron chi connectivity index (χ4n) is 3.14. The summed E-state index contributed by atoms with van der Waals surface area (Å²) in [6.45, 7) is 0.191. The first kappa shape index (κ1) is 18.4. The van der Waals surface area contributed by atoms with Gasteiger partial charge in [-0.05, 0) is 24.3 Å². The Morgan fingerprint density at radius 2 is 2.07 bits per heavy atom. The first-order valence-electron chi connectivity index (χ1n) is 8.65. The lowest BCUT2D eigenvalue weighted by atomic mass is 10.1. The zero-order valence-corrected chi connectivity index (χ0v) is 15.5. The Bertz CT molecular complexity index is 1050. The standard InChI is InChI=1S/C19H17F2N5OS/c20-16(21)10-26-7-8-28-15-6-5-11(9-14(15)26)23-19(27)18-17(22)12-3-1-2-4-13(12)24-25-18/h1-6,9,16H,7-8,10H2,(H2,22,24)(H,23,27). The van der Waals surface area contributed by atoms with Crippen molar-refractivity contribution in [3.8, 4) is 0 Å². The second-order valence-electron chi connectivity index (χ2n) is 6.30. The van der Waals surface area contributed by atoms with Crippen LogP contribution in [0.25, 0.3) is 10.9 Å². The molecule has 0 bridgehead atoms. The Hall–Kier alpha value is -2.94. The van der Waals surface area contributed by atoms with Crippen LogP contribution < -0.4 is 16.0 Å². The highest BCUT2D eigenvalue weighted by atomic mass is 32.2. The zero-order chi connectivity index (χ0) is 19.7. The lowest BCUT2D eigenvalue weighted by molar-refractivity contribution is 0.102. The molecular weight excluding hydrogens is 384 g/mol. The highest BCUT2D eigenvalue weighted by molar-refractivity contribution is 7.99. The molecule has 2 aromatic carbocycles. The number of anilines is 3. The van der Waals surface area contributed by atoms with Crippen LogP contribution in [0.15, 0.2) is 47.4 Å². The Kier molecular flexibility index (Phi) is 4.99. The van der Waals surface area contributed by atoms with Crippen LogP contribution in [-0.4, -0.2) is 41.4 Å². The Morgan fingerprint density at radius 3 is 2.89 bits per heavy atom. The fourth-order valence-corrected chi connectivity index (χ4v) is 4.17. The number of nitrogens with zero attached hydrogens (tertiary/aromatic N) is 3. The number of alkyl halides is 2. The number of benzene rings is 2. The van der Waals surface area contributed by atoms with Gasteiger partial charge in [-0.3, -0.25) is 4.79 Å². The molecule has 4 rings (SSSR count). The van der Waals surface area contributed by atoms with Crippen LogP contribution in [0.5, 0.6) is 0 Å².